The maximum absolute atomic E-state index is 13.3. The number of thioether (sulfide) groups is 1. The summed E-state index contributed by atoms with van der Waals surface area (Å²) < 4.78 is 9.52. The maximum atomic E-state index is 13.3. The van der Waals surface area contributed by atoms with E-state index < -0.39 is 0 Å². The van der Waals surface area contributed by atoms with Gasteiger partial charge < -0.3 is 9.30 Å². The second-order valence-corrected chi connectivity index (χ2v) is 10.0. The summed E-state index contributed by atoms with van der Waals surface area (Å²) in [5.41, 5.74) is 3.25. The highest BCUT2D eigenvalue weighted by atomic mass is 79.9. The van der Waals surface area contributed by atoms with Crippen molar-refractivity contribution >= 4 is 71.2 Å². The van der Waals surface area contributed by atoms with Crippen LogP contribution in [-0.4, -0.2) is 29.0 Å². The first kappa shape index (κ1) is 21.5. The molecular formula is C24H21Br2NO2S. The van der Waals surface area contributed by atoms with Crippen molar-refractivity contribution in [2.24, 2.45) is 0 Å². The number of carbonyl (C=O) groups is 1. The fraction of sp³-hybridized carbons (Fsp3) is 0.208. The van der Waals surface area contributed by atoms with E-state index in [9.17, 15) is 4.79 Å². The minimum absolute atomic E-state index is 0.115. The fourth-order valence-corrected chi connectivity index (χ4v) is 5.24. The molecule has 0 N–H and O–H groups in total. The van der Waals surface area contributed by atoms with Crippen molar-refractivity contribution < 1.29 is 9.53 Å². The number of hydrogen-bond donors (Lipinski definition) is 0. The Morgan fingerprint density at radius 1 is 1.00 bits per heavy atom. The molecule has 3 nitrogen and oxygen atoms in total. The SMILES string of the molecule is COc1cccc(CC(SC)C(=O)Cn2c3ccc(Br)cc3c3cc(Br)ccc32)c1. The Hall–Kier alpha value is -1.76. The van der Waals surface area contributed by atoms with E-state index in [2.05, 4.69) is 66.8 Å². The summed E-state index contributed by atoms with van der Waals surface area (Å²) in [6.45, 7) is 0.346. The van der Waals surface area contributed by atoms with Crippen molar-refractivity contribution in [3.63, 3.8) is 0 Å². The zero-order valence-electron chi connectivity index (χ0n) is 16.7. The van der Waals surface area contributed by atoms with Gasteiger partial charge in [-0.15, -0.1) is 0 Å². The molecule has 0 bridgehead atoms. The average Bonchev–Trinajstić information content (AvgIpc) is 3.04. The van der Waals surface area contributed by atoms with Gasteiger partial charge in [0.15, 0.2) is 5.78 Å². The number of nitrogens with zero attached hydrogens (tertiary/aromatic N) is 1. The number of rotatable bonds is 7. The minimum atomic E-state index is -0.115. The number of Topliss-reactive ketones (excluding diaryl/α,β-unsaturated/α-hetero) is 1. The van der Waals surface area contributed by atoms with Gasteiger partial charge >= 0.3 is 0 Å². The van der Waals surface area contributed by atoms with Crippen LogP contribution in [0.2, 0.25) is 0 Å². The van der Waals surface area contributed by atoms with Crippen molar-refractivity contribution in [2.75, 3.05) is 13.4 Å². The Morgan fingerprint density at radius 2 is 1.63 bits per heavy atom. The number of methoxy groups -OCH3 is 1. The Labute approximate surface area is 197 Å². The molecule has 1 heterocycles. The molecule has 0 spiro atoms. The molecular weight excluding hydrogens is 526 g/mol. The molecule has 4 rings (SSSR count). The first-order chi connectivity index (χ1) is 14.5. The number of aromatic nitrogens is 1. The van der Waals surface area contributed by atoms with Gasteiger partial charge in [-0.3, -0.25) is 4.79 Å². The third kappa shape index (κ3) is 4.32. The molecule has 1 aromatic heterocycles. The van der Waals surface area contributed by atoms with E-state index in [1.54, 1.807) is 18.9 Å². The molecule has 1 atom stereocenters. The highest BCUT2D eigenvalue weighted by Gasteiger charge is 2.21. The number of ether oxygens (including phenoxy) is 1. The van der Waals surface area contributed by atoms with Crippen LogP contribution in [0.25, 0.3) is 21.8 Å². The zero-order chi connectivity index (χ0) is 21.3. The van der Waals surface area contributed by atoms with Crippen LogP contribution in [0.1, 0.15) is 5.56 Å². The molecule has 4 aromatic rings. The Balaban J connectivity index is 1.69. The molecule has 154 valence electrons. The quantitative estimate of drug-likeness (QED) is 0.253. The largest absolute Gasteiger partial charge is 0.497 e. The van der Waals surface area contributed by atoms with Gasteiger partial charge in [-0.25, -0.2) is 0 Å². The maximum Gasteiger partial charge on any atom is 0.165 e. The third-order valence-electron chi connectivity index (χ3n) is 5.30. The van der Waals surface area contributed by atoms with E-state index >= 15 is 0 Å². The number of hydrogen-bond acceptors (Lipinski definition) is 3. The molecule has 0 aliphatic rings. The Kier molecular flexibility index (Phi) is 6.56. The predicted molar refractivity (Wildman–Crippen MR) is 134 cm³/mol. The van der Waals surface area contributed by atoms with Crippen LogP contribution < -0.4 is 4.74 Å². The van der Waals surface area contributed by atoms with Crippen LogP contribution in [0.4, 0.5) is 0 Å². The monoisotopic (exact) mass is 545 g/mol. The number of carbonyl (C=O) groups excluding carboxylic acids is 1. The summed E-state index contributed by atoms with van der Waals surface area (Å²) >= 11 is 8.76. The third-order valence-corrected chi connectivity index (χ3v) is 7.29. The van der Waals surface area contributed by atoms with E-state index in [1.165, 1.54) is 0 Å². The predicted octanol–water partition coefficient (Wildman–Crippen LogP) is 6.87. The smallest absolute Gasteiger partial charge is 0.165 e. The number of ketones is 1. The lowest BCUT2D eigenvalue weighted by molar-refractivity contribution is -0.119. The van der Waals surface area contributed by atoms with Crippen LogP contribution in [0.5, 0.6) is 5.75 Å². The van der Waals surface area contributed by atoms with Crippen LogP contribution in [-0.2, 0) is 17.8 Å². The van der Waals surface area contributed by atoms with E-state index in [4.69, 9.17) is 4.74 Å². The van der Waals surface area contributed by atoms with Gasteiger partial charge in [-0.1, -0.05) is 44.0 Å². The molecule has 0 aliphatic carbocycles. The first-order valence-corrected chi connectivity index (χ1v) is 12.4. The van der Waals surface area contributed by atoms with Crippen molar-refractivity contribution in [1.82, 2.24) is 4.57 Å². The lowest BCUT2D eigenvalue weighted by Gasteiger charge is -2.16. The van der Waals surface area contributed by atoms with E-state index in [-0.39, 0.29) is 11.0 Å². The highest BCUT2D eigenvalue weighted by Crippen LogP contribution is 2.33. The zero-order valence-corrected chi connectivity index (χ0v) is 20.7. The van der Waals surface area contributed by atoms with Gasteiger partial charge in [0.2, 0.25) is 0 Å². The van der Waals surface area contributed by atoms with Gasteiger partial charge in [-0.2, -0.15) is 11.8 Å². The van der Waals surface area contributed by atoms with Gasteiger partial charge in [0, 0.05) is 30.8 Å². The summed E-state index contributed by atoms with van der Waals surface area (Å²) in [5, 5.41) is 2.17. The van der Waals surface area contributed by atoms with Crippen LogP contribution in [0.3, 0.4) is 0 Å². The standard InChI is InChI=1S/C24H21Br2NO2S/c1-29-18-5-3-4-15(10-18)11-24(30-2)23(28)14-27-21-8-6-16(25)12-19(21)20-13-17(26)7-9-22(20)27/h3-10,12-13,24H,11,14H2,1-2H3. The molecule has 30 heavy (non-hydrogen) atoms. The second kappa shape index (κ2) is 9.16. The summed E-state index contributed by atoms with van der Waals surface area (Å²) in [6, 6.07) is 20.4. The number of halogens is 2. The molecule has 0 saturated carbocycles. The summed E-state index contributed by atoms with van der Waals surface area (Å²) in [7, 11) is 1.66. The summed E-state index contributed by atoms with van der Waals surface area (Å²) in [5.74, 6) is 1.04. The van der Waals surface area contributed by atoms with Crippen molar-refractivity contribution in [3.05, 3.63) is 75.2 Å². The Morgan fingerprint density at radius 3 is 2.20 bits per heavy atom. The minimum Gasteiger partial charge on any atom is -0.497 e. The fourth-order valence-electron chi connectivity index (χ4n) is 3.82. The number of benzene rings is 3. The lowest BCUT2D eigenvalue weighted by Crippen LogP contribution is -2.24. The van der Waals surface area contributed by atoms with Crippen LogP contribution in [0, 0.1) is 0 Å². The van der Waals surface area contributed by atoms with E-state index in [0.29, 0.717) is 13.0 Å². The van der Waals surface area contributed by atoms with E-state index in [0.717, 1.165) is 42.1 Å². The second-order valence-electron chi connectivity index (χ2n) is 7.16. The first-order valence-electron chi connectivity index (χ1n) is 9.55. The van der Waals surface area contributed by atoms with Crippen LogP contribution >= 0.6 is 43.6 Å². The van der Waals surface area contributed by atoms with Gasteiger partial charge in [0.05, 0.1) is 18.9 Å². The topological polar surface area (TPSA) is 31.2 Å². The van der Waals surface area contributed by atoms with Crippen molar-refractivity contribution in [2.45, 2.75) is 18.2 Å². The summed E-state index contributed by atoms with van der Waals surface area (Å²) in [6.07, 6.45) is 2.69. The van der Waals surface area contributed by atoms with Crippen molar-refractivity contribution in [1.29, 1.82) is 0 Å². The molecule has 0 saturated heterocycles. The van der Waals surface area contributed by atoms with Gasteiger partial charge in [0.25, 0.3) is 0 Å². The van der Waals surface area contributed by atoms with Crippen LogP contribution in [0.15, 0.2) is 69.6 Å². The molecule has 0 aliphatic heterocycles. The number of fused-ring (bicyclic) bond motifs is 3. The molecule has 0 amide bonds. The lowest BCUT2D eigenvalue weighted by atomic mass is 10.1. The average molecular weight is 547 g/mol. The normalized spacial score (nSPS) is 12.4. The highest BCUT2D eigenvalue weighted by molar-refractivity contribution is 9.10. The van der Waals surface area contributed by atoms with Crippen molar-refractivity contribution in [3.8, 4) is 5.75 Å². The van der Waals surface area contributed by atoms with Gasteiger partial charge in [0.1, 0.15) is 5.75 Å². The van der Waals surface area contributed by atoms with E-state index in [1.807, 2.05) is 36.6 Å². The Bertz CT molecular complexity index is 1180. The molecule has 1 unspecified atom stereocenters. The molecule has 6 heteroatoms. The molecule has 0 radical (unpaired) electrons. The molecule has 0 fully saturated rings. The summed E-state index contributed by atoms with van der Waals surface area (Å²) in [4.78, 5) is 13.3. The van der Waals surface area contributed by atoms with Gasteiger partial charge in [-0.05, 0) is 66.8 Å². The molecule has 3 aromatic carbocycles.